The number of rotatable bonds is 10. The summed E-state index contributed by atoms with van der Waals surface area (Å²) in [6.45, 7) is 15.8. The summed E-state index contributed by atoms with van der Waals surface area (Å²) in [5.41, 5.74) is -1.01. The number of urea groups is 1. The molecule has 12 nitrogen and oxygen atoms in total. The molecule has 0 saturated carbocycles. The van der Waals surface area contributed by atoms with Crippen LogP contribution in [0, 0.1) is 0 Å². The first kappa shape index (κ1) is 32.5. The van der Waals surface area contributed by atoms with Gasteiger partial charge in [0.05, 0.1) is 18.8 Å². The zero-order chi connectivity index (χ0) is 30.1. The zero-order valence-electron chi connectivity index (χ0n) is 24.9. The highest BCUT2D eigenvalue weighted by molar-refractivity contribution is 5.83. The minimum Gasteiger partial charge on any atom is -0.458 e. The smallest absolute Gasteiger partial charge is 0.408 e. The van der Waals surface area contributed by atoms with Crippen molar-refractivity contribution in [3.8, 4) is 0 Å². The summed E-state index contributed by atoms with van der Waals surface area (Å²) in [6.07, 6.45) is -0.252. The Kier molecular flexibility index (Phi) is 11.1. The van der Waals surface area contributed by atoms with Crippen LogP contribution in [0.5, 0.6) is 0 Å². The fraction of sp³-hybridized carbons (Fsp3) is 0.607. The van der Waals surface area contributed by atoms with Crippen molar-refractivity contribution in [3.63, 3.8) is 0 Å². The van der Waals surface area contributed by atoms with Gasteiger partial charge in [0, 0.05) is 6.42 Å². The minimum atomic E-state index is -1.04. The predicted molar refractivity (Wildman–Crippen MR) is 147 cm³/mol. The Morgan fingerprint density at radius 3 is 2.05 bits per heavy atom. The van der Waals surface area contributed by atoms with Crippen LogP contribution in [-0.2, 0) is 32.0 Å². The lowest BCUT2D eigenvalue weighted by atomic mass is 10.1. The quantitative estimate of drug-likeness (QED) is 0.362. The lowest BCUT2D eigenvalue weighted by molar-refractivity contribution is -0.160. The van der Waals surface area contributed by atoms with E-state index in [9.17, 15) is 14.4 Å². The Balaban J connectivity index is 2.07. The number of hydrogen-bond donors (Lipinski definition) is 3. The number of nitrogens with zero attached hydrogens (tertiary/aromatic N) is 2. The molecular formula is C28H43N5O7. The molecular weight excluding hydrogens is 518 g/mol. The number of hydrogen-bond acceptors (Lipinski definition) is 9. The summed E-state index contributed by atoms with van der Waals surface area (Å²) in [5.74, 6) is -0.366. The van der Waals surface area contributed by atoms with Gasteiger partial charge in [-0.05, 0) is 67.9 Å². The fourth-order valence-electron chi connectivity index (χ4n) is 3.22. The highest BCUT2D eigenvalue weighted by Crippen LogP contribution is 2.19. The Bertz CT molecular complexity index is 1110. The van der Waals surface area contributed by atoms with Crippen LogP contribution >= 0.6 is 0 Å². The first-order chi connectivity index (χ1) is 18.4. The molecule has 3 N–H and O–H groups in total. The van der Waals surface area contributed by atoms with E-state index < -0.39 is 47.0 Å². The van der Waals surface area contributed by atoms with Gasteiger partial charge in [-0.3, -0.25) is 0 Å². The lowest BCUT2D eigenvalue weighted by Gasteiger charge is -2.27. The Hall–Kier alpha value is -3.67. The van der Waals surface area contributed by atoms with Crippen molar-refractivity contribution in [2.75, 3.05) is 6.61 Å². The van der Waals surface area contributed by atoms with Gasteiger partial charge in [-0.1, -0.05) is 30.3 Å². The summed E-state index contributed by atoms with van der Waals surface area (Å²) >= 11 is 0. The zero-order valence-corrected chi connectivity index (χ0v) is 24.9. The highest BCUT2D eigenvalue weighted by Gasteiger charge is 2.29. The van der Waals surface area contributed by atoms with Crippen LogP contribution in [0.15, 0.2) is 34.7 Å². The number of aromatic nitrogens is 2. The van der Waals surface area contributed by atoms with Crippen LogP contribution in [0.4, 0.5) is 9.59 Å². The van der Waals surface area contributed by atoms with Crippen molar-refractivity contribution >= 4 is 18.1 Å². The molecule has 1 heterocycles. The maximum Gasteiger partial charge on any atom is 0.408 e. The van der Waals surface area contributed by atoms with Crippen LogP contribution in [0.2, 0.25) is 0 Å². The van der Waals surface area contributed by atoms with Gasteiger partial charge in [0.1, 0.15) is 17.2 Å². The number of nitrogens with one attached hydrogen (secondary N) is 3. The van der Waals surface area contributed by atoms with Crippen molar-refractivity contribution in [1.29, 1.82) is 0 Å². The molecule has 222 valence electrons. The van der Waals surface area contributed by atoms with E-state index in [4.69, 9.17) is 18.6 Å². The van der Waals surface area contributed by atoms with Crippen molar-refractivity contribution in [1.82, 2.24) is 26.1 Å². The van der Waals surface area contributed by atoms with Gasteiger partial charge in [0.25, 0.3) is 0 Å². The lowest BCUT2D eigenvalue weighted by Crippen LogP contribution is -2.51. The second kappa shape index (κ2) is 13.6. The van der Waals surface area contributed by atoms with E-state index in [1.165, 1.54) is 0 Å². The summed E-state index contributed by atoms with van der Waals surface area (Å²) in [7, 11) is 0. The van der Waals surface area contributed by atoms with Crippen molar-refractivity contribution in [3.05, 3.63) is 47.7 Å². The van der Waals surface area contributed by atoms with Crippen molar-refractivity contribution in [2.45, 2.75) is 104 Å². The monoisotopic (exact) mass is 561 g/mol. The number of ether oxygens (including phenoxy) is 3. The van der Waals surface area contributed by atoms with Gasteiger partial charge < -0.3 is 34.6 Å². The molecule has 1 aromatic heterocycles. The normalized spacial score (nSPS) is 13.6. The SMILES string of the molecule is CC(C)(C)OCC(NC(=O)NCc1nnc(C(Cc2ccccc2)NC(=O)OC(C)(C)C)o1)C(=O)OC(C)(C)C. The summed E-state index contributed by atoms with van der Waals surface area (Å²) in [5, 5.41) is 16.0. The second-order valence-corrected chi connectivity index (χ2v) is 12.3. The average Bonchev–Trinajstić information content (AvgIpc) is 3.27. The van der Waals surface area contributed by atoms with E-state index in [-0.39, 0.29) is 24.9 Å². The standard InChI is InChI=1S/C28H43N5O7/c1-26(2,3)37-17-20(23(34)39-27(4,5)6)30-24(35)29-16-21-32-33-22(38-21)19(15-18-13-11-10-12-14-18)31-25(36)40-28(7,8)9/h10-14,19-20H,15-17H2,1-9H3,(H,31,36)(H2,29,30,35). The third kappa shape index (κ3) is 12.9. The van der Waals surface area contributed by atoms with E-state index in [2.05, 4.69) is 26.1 Å². The maximum atomic E-state index is 12.7. The molecule has 40 heavy (non-hydrogen) atoms. The first-order valence-corrected chi connectivity index (χ1v) is 13.2. The molecule has 2 atom stereocenters. The van der Waals surface area contributed by atoms with Crippen LogP contribution < -0.4 is 16.0 Å². The Morgan fingerprint density at radius 2 is 1.48 bits per heavy atom. The van der Waals surface area contributed by atoms with Crippen LogP contribution in [0.3, 0.4) is 0 Å². The van der Waals surface area contributed by atoms with Crippen LogP contribution in [-0.4, -0.2) is 57.7 Å². The number of amides is 3. The van der Waals surface area contributed by atoms with E-state index in [0.29, 0.717) is 6.42 Å². The van der Waals surface area contributed by atoms with Gasteiger partial charge in [-0.15, -0.1) is 10.2 Å². The van der Waals surface area contributed by atoms with Gasteiger partial charge >= 0.3 is 18.1 Å². The molecule has 1 aromatic carbocycles. The molecule has 0 radical (unpaired) electrons. The molecule has 12 heteroatoms. The molecule has 0 aliphatic carbocycles. The molecule has 0 aliphatic heterocycles. The van der Waals surface area contributed by atoms with E-state index >= 15 is 0 Å². The van der Waals surface area contributed by atoms with Gasteiger partial charge in [-0.25, -0.2) is 14.4 Å². The van der Waals surface area contributed by atoms with E-state index in [1.807, 2.05) is 51.1 Å². The number of carbonyl (C=O) groups is 3. The van der Waals surface area contributed by atoms with E-state index in [1.54, 1.807) is 41.5 Å². The number of carbonyl (C=O) groups excluding carboxylic acids is 3. The molecule has 2 unspecified atom stereocenters. The summed E-state index contributed by atoms with van der Waals surface area (Å²) in [6, 6.07) is 7.14. The first-order valence-electron chi connectivity index (χ1n) is 13.2. The van der Waals surface area contributed by atoms with Gasteiger partial charge in [0.15, 0.2) is 6.04 Å². The minimum absolute atomic E-state index is 0.0754. The summed E-state index contributed by atoms with van der Waals surface area (Å²) < 4.78 is 22.3. The van der Waals surface area contributed by atoms with Gasteiger partial charge in [0.2, 0.25) is 11.8 Å². The highest BCUT2D eigenvalue weighted by atomic mass is 16.6. The molecule has 0 saturated heterocycles. The van der Waals surface area contributed by atoms with Crippen LogP contribution in [0.25, 0.3) is 0 Å². The molecule has 3 amide bonds. The van der Waals surface area contributed by atoms with Gasteiger partial charge in [-0.2, -0.15) is 0 Å². The average molecular weight is 562 g/mol. The molecule has 2 rings (SSSR count). The third-order valence-corrected chi connectivity index (χ3v) is 4.83. The second-order valence-electron chi connectivity index (χ2n) is 12.3. The molecule has 0 aliphatic rings. The Morgan fingerprint density at radius 1 is 0.850 bits per heavy atom. The topological polar surface area (TPSA) is 154 Å². The van der Waals surface area contributed by atoms with Crippen molar-refractivity contribution in [2.24, 2.45) is 0 Å². The number of benzene rings is 1. The fourth-order valence-corrected chi connectivity index (χ4v) is 3.22. The molecule has 2 aromatic rings. The van der Waals surface area contributed by atoms with Crippen molar-refractivity contribution < 1.29 is 33.0 Å². The summed E-state index contributed by atoms with van der Waals surface area (Å²) in [4.78, 5) is 37.8. The molecule has 0 fully saturated rings. The van der Waals surface area contributed by atoms with E-state index in [0.717, 1.165) is 5.56 Å². The Labute approximate surface area is 235 Å². The molecule has 0 spiro atoms. The van der Waals surface area contributed by atoms with Crippen LogP contribution in [0.1, 0.15) is 85.7 Å². The molecule has 0 bridgehead atoms. The maximum absolute atomic E-state index is 12.7. The number of alkyl carbamates (subject to hydrolysis) is 1. The largest absolute Gasteiger partial charge is 0.458 e. The third-order valence-electron chi connectivity index (χ3n) is 4.83. The number of esters is 1. The predicted octanol–water partition coefficient (Wildman–Crippen LogP) is 4.20.